The number of aryl methyl sites for hydroxylation is 2. The fourth-order valence-corrected chi connectivity index (χ4v) is 3.83. The van der Waals surface area contributed by atoms with Crippen LogP contribution in [0.5, 0.6) is 0 Å². The predicted molar refractivity (Wildman–Crippen MR) is 123 cm³/mol. The highest BCUT2D eigenvalue weighted by atomic mass is 31.2. The van der Waals surface area contributed by atoms with Crippen LogP contribution in [0.2, 0.25) is 0 Å². The Morgan fingerprint density at radius 2 is 1.76 bits per heavy atom. The zero-order valence-corrected chi connectivity index (χ0v) is 19.1. The van der Waals surface area contributed by atoms with Gasteiger partial charge in [0.05, 0.1) is 11.9 Å². The molecule has 0 amide bonds. The Bertz CT molecular complexity index is 1320. The third-order valence-corrected chi connectivity index (χ3v) is 5.80. The average molecular weight is 484 g/mol. The Labute approximate surface area is 195 Å². The second-order valence-electron chi connectivity index (χ2n) is 7.79. The highest BCUT2D eigenvalue weighted by Gasteiger charge is 2.20. The van der Waals surface area contributed by atoms with Crippen molar-refractivity contribution in [3.05, 3.63) is 101 Å². The molecule has 4 aromatic rings. The first-order valence-electron chi connectivity index (χ1n) is 10.5. The van der Waals surface area contributed by atoms with Crippen LogP contribution >= 0.6 is 7.82 Å². The molecule has 34 heavy (non-hydrogen) atoms. The van der Waals surface area contributed by atoms with Gasteiger partial charge in [0.2, 0.25) is 6.73 Å². The summed E-state index contributed by atoms with van der Waals surface area (Å²) in [4.78, 5) is 17.8. The van der Waals surface area contributed by atoms with E-state index in [1.165, 1.54) is 10.6 Å². The van der Waals surface area contributed by atoms with Crippen LogP contribution in [-0.4, -0.2) is 14.9 Å². The molecular formula is C24H24FN3O5P+. The second kappa shape index (κ2) is 10.3. The van der Waals surface area contributed by atoms with Gasteiger partial charge in [0.15, 0.2) is 5.76 Å². The molecule has 0 spiro atoms. The second-order valence-corrected chi connectivity index (χ2v) is 9.03. The van der Waals surface area contributed by atoms with E-state index >= 15 is 0 Å². The smallest absolute Gasteiger partial charge is 0.356 e. The molecule has 0 saturated carbocycles. The van der Waals surface area contributed by atoms with Gasteiger partial charge >= 0.3 is 7.82 Å². The number of hydrogen-bond acceptors (Lipinski definition) is 5. The first kappa shape index (κ1) is 23.8. The molecule has 0 saturated heterocycles. The van der Waals surface area contributed by atoms with Crippen LogP contribution in [0, 0.1) is 5.82 Å². The van der Waals surface area contributed by atoms with Crippen LogP contribution in [0.15, 0.2) is 77.4 Å². The summed E-state index contributed by atoms with van der Waals surface area (Å²) in [5.74, 6) is 0.470. The minimum Gasteiger partial charge on any atom is -0.356 e. The van der Waals surface area contributed by atoms with Gasteiger partial charge in [-0.2, -0.15) is 0 Å². The molecule has 176 valence electrons. The van der Waals surface area contributed by atoms with E-state index in [1.807, 2.05) is 30.3 Å². The normalized spacial score (nSPS) is 11.6. The average Bonchev–Trinajstić information content (AvgIpc) is 3.26. The van der Waals surface area contributed by atoms with Crippen LogP contribution < -0.4 is 10.3 Å². The summed E-state index contributed by atoms with van der Waals surface area (Å²) in [6, 6.07) is 20.0. The maximum atomic E-state index is 13.8. The summed E-state index contributed by atoms with van der Waals surface area (Å²) >= 11 is 0. The lowest BCUT2D eigenvalue weighted by atomic mass is 10.0. The number of rotatable bonds is 9. The van der Waals surface area contributed by atoms with Gasteiger partial charge < -0.3 is 14.3 Å². The molecule has 0 bridgehead atoms. The van der Waals surface area contributed by atoms with Crippen molar-refractivity contribution in [1.29, 1.82) is 0 Å². The van der Waals surface area contributed by atoms with E-state index in [1.54, 1.807) is 36.5 Å². The first-order valence-corrected chi connectivity index (χ1v) is 12.1. The molecule has 8 nitrogen and oxygen atoms in total. The van der Waals surface area contributed by atoms with Gasteiger partial charge in [-0.25, -0.2) is 18.0 Å². The van der Waals surface area contributed by atoms with Gasteiger partial charge in [0.1, 0.15) is 11.4 Å². The Kier molecular flexibility index (Phi) is 7.19. The Morgan fingerprint density at radius 1 is 1.03 bits per heavy atom. The molecule has 4 rings (SSSR count). The van der Waals surface area contributed by atoms with Crippen LogP contribution in [-0.2, 0) is 35.1 Å². The zero-order valence-electron chi connectivity index (χ0n) is 18.2. The third-order valence-electron chi connectivity index (χ3n) is 5.35. The Morgan fingerprint density at radius 3 is 2.50 bits per heavy atom. The standard InChI is InChI=1S/C24H23FN3O5P/c25-22-6-2-1-4-19(22)12-11-17-7-9-18(10-8-17)14-20-15-23(33-27-20)21-5-3-13-28(24(21)26)16-32-34(29,30)31/h1-10,13,15,26H,11-12,14,16H2,(H2,29,30,31)/p+1. The molecule has 0 radical (unpaired) electrons. The van der Waals surface area contributed by atoms with Crippen LogP contribution in [0.25, 0.3) is 11.3 Å². The number of nitrogens with two attached hydrogens (primary N) is 1. The number of pyridine rings is 1. The van der Waals surface area contributed by atoms with Crippen molar-refractivity contribution >= 4 is 13.6 Å². The predicted octanol–water partition coefficient (Wildman–Crippen LogP) is 3.79. The molecule has 2 aromatic carbocycles. The minimum absolute atomic E-state index is 0.181. The van der Waals surface area contributed by atoms with Crippen LogP contribution in [0.3, 0.4) is 0 Å². The third kappa shape index (κ3) is 6.15. The van der Waals surface area contributed by atoms with E-state index in [4.69, 9.17) is 20.0 Å². The minimum atomic E-state index is -4.63. The van der Waals surface area contributed by atoms with E-state index in [9.17, 15) is 8.96 Å². The number of phosphoric acid groups is 1. The number of benzene rings is 2. The molecule has 4 N–H and O–H groups in total. The largest absolute Gasteiger partial charge is 0.472 e. The summed E-state index contributed by atoms with van der Waals surface area (Å²) in [6.07, 6.45) is 3.47. The van der Waals surface area contributed by atoms with E-state index < -0.39 is 14.6 Å². The number of hydrogen-bond donors (Lipinski definition) is 3. The molecule has 0 atom stereocenters. The molecule has 2 heterocycles. The highest BCUT2D eigenvalue weighted by molar-refractivity contribution is 7.46. The SMILES string of the molecule is Nc1c(-c2cc(Cc3ccc(CCc4ccccc4F)cc3)no2)ccc[n+]1COP(=O)(O)O. The fraction of sp³-hybridized carbons (Fsp3) is 0.167. The Hall–Kier alpha value is -3.36. The van der Waals surface area contributed by atoms with E-state index in [0.29, 0.717) is 35.4 Å². The highest BCUT2D eigenvalue weighted by Crippen LogP contribution is 2.35. The number of nitrogen functional groups attached to an aromatic ring is 1. The summed E-state index contributed by atoms with van der Waals surface area (Å²) in [6.45, 7) is -0.409. The van der Waals surface area contributed by atoms with Crippen LogP contribution in [0.1, 0.15) is 22.4 Å². The van der Waals surface area contributed by atoms with Gasteiger partial charge in [-0.15, -0.1) is 0 Å². The lowest BCUT2D eigenvalue weighted by molar-refractivity contribution is -0.711. The Balaban J connectivity index is 1.40. The summed E-state index contributed by atoms with van der Waals surface area (Å²) in [5.41, 5.74) is 10.2. The van der Waals surface area contributed by atoms with E-state index in [2.05, 4.69) is 9.68 Å². The van der Waals surface area contributed by atoms with Gasteiger partial charge in [0.25, 0.3) is 5.82 Å². The topological polar surface area (TPSA) is 123 Å². The van der Waals surface area contributed by atoms with E-state index in [-0.39, 0.29) is 11.6 Å². The molecule has 10 heteroatoms. The maximum absolute atomic E-state index is 13.8. The number of anilines is 1. The number of aromatic nitrogens is 2. The molecular weight excluding hydrogens is 460 g/mol. The summed E-state index contributed by atoms with van der Waals surface area (Å²) in [5, 5.41) is 4.11. The quantitative estimate of drug-likeness (QED) is 0.244. The van der Waals surface area contributed by atoms with Crippen molar-refractivity contribution in [2.24, 2.45) is 0 Å². The van der Waals surface area contributed by atoms with Gasteiger partial charge in [-0.05, 0) is 47.7 Å². The van der Waals surface area contributed by atoms with E-state index in [0.717, 1.165) is 17.5 Å². The zero-order chi connectivity index (χ0) is 24.1. The molecule has 0 fully saturated rings. The van der Waals surface area contributed by atoms with Crippen molar-refractivity contribution in [1.82, 2.24) is 5.16 Å². The molecule has 0 aliphatic rings. The molecule has 0 aliphatic heterocycles. The lowest BCUT2D eigenvalue weighted by Gasteiger charge is -2.07. The summed E-state index contributed by atoms with van der Waals surface area (Å²) < 4.78 is 36.1. The molecule has 2 aromatic heterocycles. The number of nitrogens with zero attached hydrogens (tertiary/aromatic N) is 2. The summed E-state index contributed by atoms with van der Waals surface area (Å²) in [7, 11) is -4.63. The molecule has 0 aliphatic carbocycles. The van der Waals surface area contributed by atoms with Gasteiger partial charge in [-0.3, -0.25) is 5.73 Å². The van der Waals surface area contributed by atoms with Gasteiger partial charge in [-0.1, -0.05) is 47.6 Å². The number of phosphoric ester groups is 1. The maximum Gasteiger partial charge on any atom is 0.472 e. The monoisotopic (exact) mass is 484 g/mol. The lowest BCUT2D eigenvalue weighted by Crippen LogP contribution is -2.38. The number of halogens is 1. The van der Waals surface area contributed by atoms with Crippen molar-refractivity contribution < 1.29 is 32.4 Å². The molecule has 0 unspecified atom stereocenters. The fourth-order valence-electron chi connectivity index (χ4n) is 3.56. The van der Waals surface area contributed by atoms with Gasteiger partial charge in [0, 0.05) is 12.5 Å². The van der Waals surface area contributed by atoms with Crippen molar-refractivity contribution in [3.63, 3.8) is 0 Å². The van der Waals surface area contributed by atoms with Crippen LogP contribution in [0.4, 0.5) is 10.2 Å². The van der Waals surface area contributed by atoms with Crippen molar-refractivity contribution in [2.45, 2.75) is 26.0 Å². The first-order chi connectivity index (χ1) is 16.3. The van der Waals surface area contributed by atoms with Crippen molar-refractivity contribution in [2.75, 3.05) is 5.73 Å². The van der Waals surface area contributed by atoms with Crippen molar-refractivity contribution in [3.8, 4) is 11.3 Å².